The molecule has 2 N–H and O–H groups in total. The normalized spacial score (nSPS) is 12.4. The lowest BCUT2D eigenvalue weighted by Crippen LogP contribution is -2.42. The summed E-state index contributed by atoms with van der Waals surface area (Å²) in [4.78, 5) is 24.5. The van der Waals surface area contributed by atoms with E-state index in [0.717, 1.165) is 5.56 Å². The number of hydrogen-bond donors (Lipinski definition) is 2. The van der Waals surface area contributed by atoms with E-state index in [1.807, 2.05) is 37.3 Å². The standard InChI is InChI=1S/C20H21FN2O2/c1-3-16(13-15-9-5-4-6-10-15)20(25)22-14(2)19(24)23-18-12-8-7-11-17(18)21/h4-14H,3H2,1-2H3,(H,22,25)(H,23,24)/b16-13+. The molecule has 5 heteroatoms. The molecule has 1 atom stereocenters. The first-order chi connectivity index (χ1) is 12.0. The Morgan fingerprint density at radius 3 is 2.36 bits per heavy atom. The molecule has 0 saturated carbocycles. The third-order valence-electron chi connectivity index (χ3n) is 3.69. The summed E-state index contributed by atoms with van der Waals surface area (Å²) in [5, 5.41) is 5.12. The summed E-state index contributed by atoms with van der Waals surface area (Å²) in [7, 11) is 0. The Kier molecular flexibility index (Phi) is 6.46. The maximum Gasteiger partial charge on any atom is 0.247 e. The highest BCUT2D eigenvalue weighted by molar-refractivity contribution is 6.02. The molecule has 0 bridgehead atoms. The Labute approximate surface area is 146 Å². The number of nitrogens with one attached hydrogen (secondary N) is 2. The molecule has 0 spiro atoms. The molecule has 4 nitrogen and oxygen atoms in total. The molecule has 1 unspecified atom stereocenters. The summed E-state index contributed by atoms with van der Waals surface area (Å²) in [6, 6.07) is 14.6. The van der Waals surface area contributed by atoms with Gasteiger partial charge in [-0.2, -0.15) is 0 Å². The van der Waals surface area contributed by atoms with E-state index < -0.39 is 17.8 Å². The SMILES string of the molecule is CC/C(=C\c1ccccc1)C(=O)NC(C)C(=O)Nc1ccccc1F. The zero-order chi connectivity index (χ0) is 18.2. The summed E-state index contributed by atoms with van der Waals surface area (Å²) in [5.74, 6) is -1.32. The summed E-state index contributed by atoms with van der Waals surface area (Å²) >= 11 is 0. The molecule has 0 saturated heterocycles. The van der Waals surface area contributed by atoms with Gasteiger partial charge in [-0.1, -0.05) is 49.4 Å². The molecular weight excluding hydrogens is 319 g/mol. The number of carbonyl (C=O) groups excluding carboxylic acids is 2. The quantitative estimate of drug-likeness (QED) is 0.787. The number of anilines is 1. The molecular formula is C20H21FN2O2. The highest BCUT2D eigenvalue weighted by Crippen LogP contribution is 2.13. The van der Waals surface area contributed by atoms with Gasteiger partial charge in [0.25, 0.3) is 0 Å². The zero-order valence-corrected chi connectivity index (χ0v) is 14.3. The monoisotopic (exact) mass is 340 g/mol. The maximum atomic E-state index is 13.6. The number of benzene rings is 2. The average molecular weight is 340 g/mol. The largest absolute Gasteiger partial charge is 0.341 e. The van der Waals surface area contributed by atoms with Crippen molar-refractivity contribution in [1.82, 2.24) is 5.32 Å². The van der Waals surface area contributed by atoms with Gasteiger partial charge in [0.1, 0.15) is 11.9 Å². The number of rotatable bonds is 6. The van der Waals surface area contributed by atoms with E-state index in [2.05, 4.69) is 10.6 Å². The number of amides is 2. The summed E-state index contributed by atoms with van der Waals surface area (Å²) in [6.45, 7) is 3.43. The second-order valence-corrected chi connectivity index (χ2v) is 5.60. The van der Waals surface area contributed by atoms with Crippen LogP contribution in [0.25, 0.3) is 6.08 Å². The fourth-order valence-electron chi connectivity index (χ4n) is 2.24. The van der Waals surface area contributed by atoms with Gasteiger partial charge < -0.3 is 10.6 Å². The van der Waals surface area contributed by atoms with Crippen molar-refractivity contribution in [3.63, 3.8) is 0 Å². The van der Waals surface area contributed by atoms with Crippen LogP contribution in [-0.4, -0.2) is 17.9 Å². The first kappa shape index (κ1) is 18.4. The molecule has 0 radical (unpaired) electrons. The predicted molar refractivity (Wildman–Crippen MR) is 97.3 cm³/mol. The Morgan fingerprint density at radius 2 is 1.72 bits per heavy atom. The van der Waals surface area contributed by atoms with Crippen LogP contribution in [-0.2, 0) is 9.59 Å². The van der Waals surface area contributed by atoms with Gasteiger partial charge in [-0.15, -0.1) is 0 Å². The summed E-state index contributed by atoms with van der Waals surface area (Å²) in [6.07, 6.45) is 2.32. The van der Waals surface area contributed by atoms with Crippen LogP contribution in [0, 0.1) is 5.82 Å². The zero-order valence-electron chi connectivity index (χ0n) is 14.3. The van der Waals surface area contributed by atoms with Crippen LogP contribution < -0.4 is 10.6 Å². The Morgan fingerprint density at radius 1 is 1.08 bits per heavy atom. The van der Waals surface area contributed by atoms with E-state index in [1.165, 1.54) is 18.2 Å². The molecule has 25 heavy (non-hydrogen) atoms. The van der Waals surface area contributed by atoms with Crippen LogP contribution in [0.4, 0.5) is 10.1 Å². The van der Waals surface area contributed by atoms with E-state index >= 15 is 0 Å². The topological polar surface area (TPSA) is 58.2 Å². The second kappa shape index (κ2) is 8.78. The van der Waals surface area contributed by atoms with Gasteiger partial charge in [-0.25, -0.2) is 4.39 Å². The number of halogens is 1. The average Bonchev–Trinajstić information content (AvgIpc) is 2.62. The minimum Gasteiger partial charge on any atom is -0.341 e. The molecule has 2 rings (SSSR count). The molecule has 0 fully saturated rings. The van der Waals surface area contributed by atoms with Crippen molar-refractivity contribution in [2.24, 2.45) is 0 Å². The van der Waals surface area contributed by atoms with Crippen LogP contribution in [0.5, 0.6) is 0 Å². The van der Waals surface area contributed by atoms with E-state index in [-0.39, 0.29) is 11.6 Å². The number of hydrogen-bond acceptors (Lipinski definition) is 2. The van der Waals surface area contributed by atoms with Crippen molar-refractivity contribution in [2.45, 2.75) is 26.3 Å². The third kappa shape index (κ3) is 5.28. The van der Waals surface area contributed by atoms with Crippen molar-refractivity contribution < 1.29 is 14.0 Å². The molecule has 0 aliphatic rings. The van der Waals surface area contributed by atoms with E-state index in [1.54, 1.807) is 19.1 Å². The lowest BCUT2D eigenvalue weighted by Gasteiger charge is -2.15. The molecule has 2 aromatic carbocycles. The fraction of sp³-hybridized carbons (Fsp3) is 0.200. The maximum absolute atomic E-state index is 13.6. The molecule has 0 heterocycles. The van der Waals surface area contributed by atoms with E-state index in [4.69, 9.17) is 0 Å². The fourth-order valence-corrected chi connectivity index (χ4v) is 2.24. The molecule has 0 aliphatic heterocycles. The van der Waals surface area contributed by atoms with Crippen molar-refractivity contribution in [1.29, 1.82) is 0 Å². The molecule has 0 aromatic heterocycles. The minimum absolute atomic E-state index is 0.0872. The molecule has 0 aliphatic carbocycles. The minimum atomic E-state index is -0.794. The van der Waals surface area contributed by atoms with Crippen LogP contribution in [0.2, 0.25) is 0 Å². The van der Waals surface area contributed by atoms with Gasteiger partial charge in [-0.3, -0.25) is 9.59 Å². The molecule has 130 valence electrons. The Balaban J connectivity index is 2.02. The van der Waals surface area contributed by atoms with Gasteiger partial charge in [0.05, 0.1) is 5.69 Å². The summed E-state index contributed by atoms with van der Waals surface area (Å²) in [5.41, 5.74) is 1.57. The van der Waals surface area contributed by atoms with Gasteiger partial charge in [0.15, 0.2) is 0 Å². The van der Waals surface area contributed by atoms with Crippen LogP contribution in [0.3, 0.4) is 0 Å². The number of carbonyl (C=O) groups is 2. The molecule has 2 amide bonds. The van der Waals surface area contributed by atoms with Crippen LogP contribution in [0.1, 0.15) is 25.8 Å². The number of para-hydroxylation sites is 1. The van der Waals surface area contributed by atoms with Crippen LogP contribution in [0.15, 0.2) is 60.2 Å². The van der Waals surface area contributed by atoms with Crippen molar-refractivity contribution in [3.05, 3.63) is 71.6 Å². The Bertz CT molecular complexity index is 772. The van der Waals surface area contributed by atoms with Crippen molar-refractivity contribution in [3.8, 4) is 0 Å². The van der Waals surface area contributed by atoms with Crippen LogP contribution >= 0.6 is 0 Å². The lowest BCUT2D eigenvalue weighted by molar-refractivity contribution is -0.123. The third-order valence-corrected chi connectivity index (χ3v) is 3.69. The Hall–Kier alpha value is -2.95. The summed E-state index contributed by atoms with van der Waals surface area (Å²) < 4.78 is 13.6. The van der Waals surface area contributed by atoms with Crippen molar-refractivity contribution >= 4 is 23.6 Å². The van der Waals surface area contributed by atoms with Gasteiger partial charge >= 0.3 is 0 Å². The first-order valence-corrected chi connectivity index (χ1v) is 8.13. The smallest absolute Gasteiger partial charge is 0.247 e. The van der Waals surface area contributed by atoms with Crippen molar-refractivity contribution in [2.75, 3.05) is 5.32 Å². The van der Waals surface area contributed by atoms with Gasteiger partial charge in [0, 0.05) is 5.57 Å². The highest BCUT2D eigenvalue weighted by atomic mass is 19.1. The molecule has 2 aromatic rings. The highest BCUT2D eigenvalue weighted by Gasteiger charge is 2.18. The van der Waals surface area contributed by atoms with E-state index in [9.17, 15) is 14.0 Å². The van der Waals surface area contributed by atoms with Gasteiger partial charge in [0.2, 0.25) is 11.8 Å². The van der Waals surface area contributed by atoms with E-state index in [0.29, 0.717) is 12.0 Å². The predicted octanol–water partition coefficient (Wildman–Crippen LogP) is 3.76. The lowest BCUT2D eigenvalue weighted by atomic mass is 10.1. The first-order valence-electron chi connectivity index (χ1n) is 8.13. The van der Waals surface area contributed by atoms with Gasteiger partial charge in [-0.05, 0) is 37.1 Å². The second-order valence-electron chi connectivity index (χ2n) is 5.60.